The molecule has 0 aliphatic rings. The van der Waals surface area contributed by atoms with E-state index in [-0.39, 0.29) is 0 Å². The molecule has 1 rings (SSSR count). The SMILES string of the molecule is CCC(C)(CNCC(C)C)CN(C)c1ccc(C)cc1. The Hall–Kier alpha value is -1.02. The zero-order valence-electron chi connectivity index (χ0n) is 14.2. The molecule has 0 aromatic heterocycles. The van der Waals surface area contributed by atoms with Gasteiger partial charge in [-0.25, -0.2) is 0 Å². The maximum Gasteiger partial charge on any atom is 0.0363 e. The van der Waals surface area contributed by atoms with E-state index in [0.29, 0.717) is 11.3 Å². The molecular formula is C18H32N2. The zero-order chi connectivity index (χ0) is 15.2. The molecule has 2 nitrogen and oxygen atoms in total. The summed E-state index contributed by atoms with van der Waals surface area (Å²) in [5.74, 6) is 0.714. The Balaban J connectivity index is 2.59. The van der Waals surface area contributed by atoms with Gasteiger partial charge < -0.3 is 10.2 Å². The van der Waals surface area contributed by atoms with Crippen molar-refractivity contribution in [3.63, 3.8) is 0 Å². The molecule has 0 heterocycles. The lowest BCUT2D eigenvalue weighted by Crippen LogP contribution is -2.41. The molecule has 0 aliphatic heterocycles. The average Bonchev–Trinajstić information content (AvgIpc) is 2.39. The molecule has 0 amide bonds. The second-order valence-electron chi connectivity index (χ2n) is 6.88. The third-order valence-electron chi connectivity index (χ3n) is 4.05. The van der Waals surface area contributed by atoms with Gasteiger partial charge in [0.1, 0.15) is 0 Å². The molecule has 1 atom stereocenters. The van der Waals surface area contributed by atoms with Crippen LogP contribution in [0.3, 0.4) is 0 Å². The number of aryl methyl sites for hydroxylation is 1. The molecule has 2 heteroatoms. The lowest BCUT2D eigenvalue weighted by molar-refractivity contribution is 0.294. The van der Waals surface area contributed by atoms with Crippen molar-refractivity contribution < 1.29 is 0 Å². The van der Waals surface area contributed by atoms with Crippen LogP contribution in [0.4, 0.5) is 5.69 Å². The number of benzene rings is 1. The molecule has 1 aromatic rings. The Morgan fingerprint density at radius 2 is 1.80 bits per heavy atom. The number of hydrogen-bond acceptors (Lipinski definition) is 2. The van der Waals surface area contributed by atoms with Crippen molar-refractivity contribution >= 4 is 5.69 Å². The summed E-state index contributed by atoms with van der Waals surface area (Å²) >= 11 is 0. The molecule has 1 unspecified atom stereocenters. The number of rotatable bonds is 8. The average molecular weight is 276 g/mol. The number of anilines is 1. The first-order chi connectivity index (χ1) is 9.36. The highest BCUT2D eigenvalue weighted by Gasteiger charge is 2.24. The number of nitrogens with zero attached hydrogens (tertiary/aromatic N) is 1. The lowest BCUT2D eigenvalue weighted by Gasteiger charge is -2.34. The molecule has 1 N–H and O–H groups in total. The fraction of sp³-hybridized carbons (Fsp3) is 0.667. The normalized spacial score (nSPS) is 14.3. The van der Waals surface area contributed by atoms with Crippen molar-refractivity contribution in [1.82, 2.24) is 5.32 Å². The van der Waals surface area contributed by atoms with Crippen molar-refractivity contribution in [1.29, 1.82) is 0 Å². The summed E-state index contributed by atoms with van der Waals surface area (Å²) in [6.07, 6.45) is 1.19. The van der Waals surface area contributed by atoms with Gasteiger partial charge >= 0.3 is 0 Å². The van der Waals surface area contributed by atoms with Crippen LogP contribution in [0.25, 0.3) is 0 Å². The van der Waals surface area contributed by atoms with Gasteiger partial charge in [-0.1, -0.05) is 45.4 Å². The first-order valence-corrected chi connectivity index (χ1v) is 7.85. The second-order valence-corrected chi connectivity index (χ2v) is 6.88. The summed E-state index contributed by atoms with van der Waals surface area (Å²) in [5, 5.41) is 3.62. The second kappa shape index (κ2) is 7.68. The molecule has 114 valence electrons. The van der Waals surface area contributed by atoms with E-state index in [2.05, 4.69) is 76.1 Å². The van der Waals surface area contributed by atoms with Crippen molar-refractivity contribution in [3.8, 4) is 0 Å². The van der Waals surface area contributed by atoms with Gasteiger partial charge in [0.15, 0.2) is 0 Å². The van der Waals surface area contributed by atoms with Gasteiger partial charge in [-0.3, -0.25) is 0 Å². The van der Waals surface area contributed by atoms with Crippen molar-refractivity contribution in [2.75, 3.05) is 31.6 Å². The minimum absolute atomic E-state index is 0.314. The van der Waals surface area contributed by atoms with E-state index in [0.717, 1.165) is 19.6 Å². The van der Waals surface area contributed by atoms with Crippen LogP contribution >= 0.6 is 0 Å². The van der Waals surface area contributed by atoms with Crippen LogP contribution in [0, 0.1) is 18.3 Å². The Morgan fingerprint density at radius 1 is 1.20 bits per heavy atom. The predicted molar refractivity (Wildman–Crippen MR) is 90.6 cm³/mol. The summed E-state index contributed by atoms with van der Waals surface area (Å²) in [4.78, 5) is 2.37. The Bertz CT molecular complexity index is 383. The fourth-order valence-corrected chi connectivity index (χ4v) is 2.42. The third kappa shape index (κ3) is 5.54. The highest BCUT2D eigenvalue weighted by molar-refractivity contribution is 5.46. The summed E-state index contributed by atoms with van der Waals surface area (Å²) in [7, 11) is 2.20. The highest BCUT2D eigenvalue weighted by atomic mass is 15.1. The van der Waals surface area contributed by atoms with Crippen LogP contribution in [0.2, 0.25) is 0 Å². The third-order valence-corrected chi connectivity index (χ3v) is 4.05. The van der Waals surface area contributed by atoms with E-state index < -0.39 is 0 Å². The van der Waals surface area contributed by atoms with Gasteiger partial charge in [0.25, 0.3) is 0 Å². The lowest BCUT2D eigenvalue weighted by atomic mass is 9.86. The van der Waals surface area contributed by atoms with Gasteiger partial charge in [-0.05, 0) is 43.4 Å². The quantitative estimate of drug-likeness (QED) is 0.769. The van der Waals surface area contributed by atoms with Crippen LogP contribution < -0.4 is 10.2 Å². The largest absolute Gasteiger partial charge is 0.374 e. The molecule has 0 radical (unpaired) electrons. The standard InChI is InChI=1S/C18H32N2/c1-7-18(5,13-19-12-15(2)3)14-20(6)17-10-8-16(4)9-11-17/h8-11,15,19H,7,12-14H2,1-6H3. The highest BCUT2D eigenvalue weighted by Crippen LogP contribution is 2.24. The predicted octanol–water partition coefficient (Wildman–Crippen LogP) is 4.09. The van der Waals surface area contributed by atoms with E-state index in [1.54, 1.807) is 0 Å². The van der Waals surface area contributed by atoms with E-state index in [9.17, 15) is 0 Å². The smallest absolute Gasteiger partial charge is 0.0363 e. The maximum absolute atomic E-state index is 3.62. The van der Waals surface area contributed by atoms with Crippen LogP contribution in [-0.4, -0.2) is 26.7 Å². The van der Waals surface area contributed by atoms with Crippen LogP contribution in [-0.2, 0) is 0 Å². The molecule has 20 heavy (non-hydrogen) atoms. The van der Waals surface area contributed by atoms with Crippen LogP contribution in [0.15, 0.2) is 24.3 Å². The molecule has 0 bridgehead atoms. The summed E-state index contributed by atoms with van der Waals surface area (Å²) < 4.78 is 0. The monoisotopic (exact) mass is 276 g/mol. The molecule has 0 saturated heterocycles. The Morgan fingerprint density at radius 3 is 2.30 bits per heavy atom. The fourth-order valence-electron chi connectivity index (χ4n) is 2.42. The Kier molecular flexibility index (Phi) is 6.54. The van der Waals surface area contributed by atoms with Gasteiger partial charge in [0.05, 0.1) is 0 Å². The van der Waals surface area contributed by atoms with E-state index >= 15 is 0 Å². The van der Waals surface area contributed by atoms with Crippen LogP contribution in [0.5, 0.6) is 0 Å². The molecule has 0 fully saturated rings. The number of nitrogens with one attached hydrogen (secondary N) is 1. The van der Waals surface area contributed by atoms with Gasteiger partial charge in [0, 0.05) is 25.8 Å². The first-order valence-electron chi connectivity index (χ1n) is 7.85. The van der Waals surface area contributed by atoms with Gasteiger partial charge in [-0.2, -0.15) is 0 Å². The van der Waals surface area contributed by atoms with Crippen molar-refractivity contribution in [2.45, 2.75) is 41.0 Å². The van der Waals surface area contributed by atoms with Gasteiger partial charge in [-0.15, -0.1) is 0 Å². The topological polar surface area (TPSA) is 15.3 Å². The summed E-state index contributed by atoms with van der Waals surface area (Å²) in [6, 6.07) is 8.80. The van der Waals surface area contributed by atoms with E-state index in [4.69, 9.17) is 0 Å². The molecule has 0 aliphatic carbocycles. The van der Waals surface area contributed by atoms with E-state index in [1.165, 1.54) is 17.7 Å². The minimum atomic E-state index is 0.314. The maximum atomic E-state index is 3.62. The summed E-state index contributed by atoms with van der Waals surface area (Å²) in [5.41, 5.74) is 2.94. The first kappa shape index (κ1) is 17.0. The number of hydrogen-bond donors (Lipinski definition) is 1. The Labute approximate surface area is 125 Å². The molecule has 1 aromatic carbocycles. The summed E-state index contributed by atoms with van der Waals surface area (Å²) in [6.45, 7) is 14.6. The van der Waals surface area contributed by atoms with Crippen LogP contribution in [0.1, 0.15) is 39.7 Å². The minimum Gasteiger partial charge on any atom is -0.374 e. The molecule has 0 saturated carbocycles. The zero-order valence-corrected chi connectivity index (χ0v) is 14.2. The molecule has 0 spiro atoms. The van der Waals surface area contributed by atoms with Crippen molar-refractivity contribution in [3.05, 3.63) is 29.8 Å². The molecular weight excluding hydrogens is 244 g/mol. The van der Waals surface area contributed by atoms with Gasteiger partial charge in [0.2, 0.25) is 0 Å². The van der Waals surface area contributed by atoms with Crippen molar-refractivity contribution in [2.24, 2.45) is 11.3 Å². The van der Waals surface area contributed by atoms with E-state index in [1.807, 2.05) is 0 Å².